The van der Waals surface area contributed by atoms with Gasteiger partial charge in [0.05, 0.1) is 11.6 Å². The summed E-state index contributed by atoms with van der Waals surface area (Å²) >= 11 is 1.41. The van der Waals surface area contributed by atoms with E-state index in [1.807, 2.05) is 63.2 Å². The van der Waals surface area contributed by atoms with Gasteiger partial charge >= 0.3 is 0 Å². The van der Waals surface area contributed by atoms with Crippen molar-refractivity contribution in [1.29, 1.82) is 0 Å². The van der Waals surface area contributed by atoms with Gasteiger partial charge < -0.3 is 10.1 Å². The lowest BCUT2D eigenvalue weighted by molar-refractivity contribution is -0.117. The van der Waals surface area contributed by atoms with Crippen LogP contribution in [0.25, 0.3) is 4.96 Å². The number of fused-ring (bicyclic) bond motifs is 1. The van der Waals surface area contributed by atoms with Crippen molar-refractivity contribution < 1.29 is 9.53 Å². The first-order valence-electron chi connectivity index (χ1n) is 10.9. The zero-order valence-corrected chi connectivity index (χ0v) is 19.6. The Kier molecular flexibility index (Phi) is 6.84. The Hall–Kier alpha value is -3.52. The molecule has 4 aromatic rings. The van der Waals surface area contributed by atoms with Crippen molar-refractivity contribution in [3.63, 3.8) is 0 Å². The van der Waals surface area contributed by atoms with Crippen molar-refractivity contribution in [3.05, 3.63) is 87.3 Å². The summed E-state index contributed by atoms with van der Waals surface area (Å²) in [6, 6.07) is 18.4. The highest BCUT2D eigenvalue weighted by atomic mass is 32.1. The molecule has 33 heavy (non-hydrogen) atoms. The molecule has 0 aliphatic carbocycles. The highest BCUT2D eigenvalue weighted by molar-refractivity contribution is 7.16. The van der Waals surface area contributed by atoms with Gasteiger partial charge in [-0.15, -0.1) is 0 Å². The van der Waals surface area contributed by atoms with Crippen molar-refractivity contribution >= 4 is 27.9 Å². The molecule has 1 unspecified atom stereocenters. The Morgan fingerprint density at radius 3 is 2.64 bits per heavy atom. The largest absolute Gasteiger partial charge is 0.487 e. The minimum absolute atomic E-state index is 0.0628. The van der Waals surface area contributed by atoms with Gasteiger partial charge in [-0.3, -0.25) is 9.59 Å². The van der Waals surface area contributed by atoms with E-state index >= 15 is 0 Å². The molecule has 0 saturated heterocycles. The predicted molar refractivity (Wildman–Crippen MR) is 130 cm³/mol. The van der Waals surface area contributed by atoms with Crippen LogP contribution in [0.2, 0.25) is 0 Å². The number of amides is 1. The average molecular weight is 463 g/mol. The molecule has 8 heteroatoms. The molecule has 4 rings (SSSR count). The van der Waals surface area contributed by atoms with Gasteiger partial charge in [0.2, 0.25) is 10.9 Å². The molecular formula is C25H26N4O3S. The van der Waals surface area contributed by atoms with Crippen molar-refractivity contribution in [1.82, 2.24) is 14.6 Å². The Morgan fingerprint density at radius 2 is 1.91 bits per heavy atom. The van der Waals surface area contributed by atoms with Gasteiger partial charge in [-0.1, -0.05) is 68.5 Å². The van der Waals surface area contributed by atoms with Gasteiger partial charge in [-0.2, -0.15) is 9.61 Å². The Morgan fingerprint density at radius 1 is 1.12 bits per heavy atom. The van der Waals surface area contributed by atoms with E-state index in [-0.39, 0.29) is 29.9 Å². The van der Waals surface area contributed by atoms with Crippen LogP contribution in [-0.4, -0.2) is 20.5 Å². The number of hydrogen-bond acceptors (Lipinski definition) is 6. The number of aromatic nitrogens is 3. The molecule has 2 aromatic carbocycles. The van der Waals surface area contributed by atoms with Crippen LogP contribution in [0.15, 0.2) is 65.5 Å². The van der Waals surface area contributed by atoms with Crippen LogP contribution >= 0.6 is 11.3 Å². The SMILES string of the molecule is CCC(C(=O)Nc1cccc(OCc2cc(=O)n3nc(C(C)C)sc3n2)c1)c1ccccc1. The minimum atomic E-state index is -0.228. The first kappa shape index (κ1) is 22.7. The zero-order valence-electron chi connectivity index (χ0n) is 18.8. The van der Waals surface area contributed by atoms with Crippen LogP contribution < -0.4 is 15.6 Å². The molecule has 0 bridgehead atoms. The summed E-state index contributed by atoms with van der Waals surface area (Å²) in [5.41, 5.74) is 1.94. The molecule has 0 fully saturated rings. The van der Waals surface area contributed by atoms with Crippen molar-refractivity contribution in [2.45, 2.75) is 45.6 Å². The lowest BCUT2D eigenvalue weighted by Crippen LogP contribution is -2.20. The number of nitrogens with one attached hydrogen (secondary N) is 1. The molecule has 0 spiro atoms. The fraction of sp³-hybridized carbons (Fsp3) is 0.280. The topological polar surface area (TPSA) is 85.6 Å². The Balaban J connectivity index is 1.45. The predicted octanol–water partition coefficient (Wildman–Crippen LogP) is 4.99. The van der Waals surface area contributed by atoms with Gasteiger partial charge in [0.15, 0.2) is 0 Å². The second-order valence-corrected chi connectivity index (χ2v) is 9.04. The third kappa shape index (κ3) is 5.28. The maximum atomic E-state index is 12.8. The van der Waals surface area contributed by atoms with E-state index < -0.39 is 0 Å². The molecule has 0 saturated carbocycles. The van der Waals surface area contributed by atoms with Gasteiger partial charge in [0.1, 0.15) is 17.4 Å². The quantitative estimate of drug-likeness (QED) is 0.399. The number of rotatable bonds is 8. The van der Waals surface area contributed by atoms with Crippen molar-refractivity contribution in [2.24, 2.45) is 0 Å². The maximum absolute atomic E-state index is 12.8. The third-order valence-electron chi connectivity index (χ3n) is 5.22. The summed E-state index contributed by atoms with van der Waals surface area (Å²) in [7, 11) is 0. The Bertz CT molecular complexity index is 1310. The highest BCUT2D eigenvalue weighted by Crippen LogP contribution is 2.24. The third-order valence-corrected chi connectivity index (χ3v) is 6.43. The maximum Gasteiger partial charge on any atom is 0.275 e. The minimum Gasteiger partial charge on any atom is -0.487 e. The van der Waals surface area contributed by atoms with Crippen molar-refractivity contribution in [2.75, 3.05) is 5.32 Å². The molecular weight excluding hydrogens is 436 g/mol. The van der Waals surface area contributed by atoms with Crippen molar-refractivity contribution in [3.8, 4) is 5.75 Å². The second kappa shape index (κ2) is 9.95. The lowest BCUT2D eigenvalue weighted by Gasteiger charge is -2.16. The van der Waals surface area contributed by atoms with Gasteiger partial charge in [0.25, 0.3) is 5.56 Å². The molecule has 7 nitrogen and oxygen atoms in total. The first-order valence-corrected chi connectivity index (χ1v) is 11.7. The standard InChI is InChI=1S/C25H26N4O3S/c1-4-21(17-9-6-5-7-10-17)23(31)26-18-11-8-12-20(13-18)32-15-19-14-22(30)29-25(27-19)33-24(28-29)16(2)3/h5-14,16,21H,4,15H2,1-3H3,(H,26,31). The van der Waals surface area contributed by atoms with E-state index in [4.69, 9.17) is 4.74 Å². The fourth-order valence-electron chi connectivity index (χ4n) is 3.49. The van der Waals surface area contributed by atoms with Gasteiger partial charge in [-0.25, -0.2) is 4.98 Å². The Labute approximate surface area is 196 Å². The summed E-state index contributed by atoms with van der Waals surface area (Å²) < 4.78 is 7.20. The van der Waals surface area contributed by atoms with E-state index in [0.717, 1.165) is 10.6 Å². The summed E-state index contributed by atoms with van der Waals surface area (Å²) in [5.74, 6) is 0.514. The summed E-state index contributed by atoms with van der Waals surface area (Å²) in [5, 5.41) is 8.18. The number of benzene rings is 2. The number of carbonyl (C=O) groups excluding carboxylic acids is 1. The van der Waals surface area contributed by atoms with E-state index in [1.165, 1.54) is 21.9 Å². The fourth-order valence-corrected chi connectivity index (χ4v) is 4.41. The molecule has 2 heterocycles. The summed E-state index contributed by atoms with van der Waals surface area (Å²) in [6.45, 7) is 6.19. The molecule has 1 N–H and O–H groups in total. The molecule has 0 aliphatic heterocycles. The summed E-state index contributed by atoms with van der Waals surface area (Å²) in [4.78, 5) is 30.3. The lowest BCUT2D eigenvalue weighted by atomic mass is 9.95. The smallest absolute Gasteiger partial charge is 0.275 e. The number of anilines is 1. The molecule has 170 valence electrons. The van der Waals surface area contributed by atoms with Gasteiger partial charge in [-0.05, 0) is 24.1 Å². The van der Waals surface area contributed by atoms with E-state index in [0.29, 0.717) is 28.5 Å². The number of ether oxygens (including phenoxy) is 1. The molecule has 0 aliphatic rings. The first-order chi connectivity index (χ1) is 15.9. The number of carbonyl (C=O) groups is 1. The average Bonchev–Trinajstić information content (AvgIpc) is 3.25. The summed E-state index contributed by atoms with van der Waals surface area (Å²) in [6.07, 6.45) is 0.700. The van der Waals surface area contributed by atoms with Crippen LogP contribution in [-0.2, 0) is 11.4 Å². The molecule has 1 atom stereocenters. The van der Waals surface area contributed by atoms with Crippen LogP contribution in [0, 0.1) is 0 Å². The van der Waals surface area contributed by atoms with Crippen LogP contribution in [0.5, 0.6) is 5.75 Å². The second-order valence-electron chi connectivity index (χ2n) is 8.05. The molecule has 0 radical (unpaired) electrons. The zero-order chi connectivity index (χ0) is 23.4. The monoisotopic (exact) mass is 462 g/mol. The van der Waals surface area contributed by atoms with Gasteiger partial charge in [0, 0.05) is 23.7 Å². The van der Waals surface area contributed by atoms with Crippen LogP contribution in [0.1, 0.15) is 55.3 Å². The normalized spacial score (nSPS) is 12.1. The number of nitrogens with zero attached hydrogens (tertiary/aromatic N) is 3. The number of hydrogen-bond donors (Lipinski definition) is 1. The van der Waals surface area contributed by atoms with Crippen LogP contribution in [0.3, 0.4) is 0 Å². The van der Waals surface area contributed by atoms with Crippen LogP contribution in [0.4, 0.5) is 5.69 Å². The van der Waals surface area contributed by atoms with E-state index in [2.05, 4.69) is 15.4 Å². The van der Waals surface area contributed by atoms with E-state index in [1.54, 1.807) is 12.1 Å². The molecule has 2 aromatic heterocycles. The highest BCUT2D eigenvalue weighted by Gasteiger charge is 2.18. The molecule has 1 amide bonds. The van der Waals surface area contributed by atoms with E-state index in [9.17, 15) is 9.59 Å².